The molecule has 0 saturated heterocycles. The highest BCUT2D eigenvalue weighted by Gasteiger charge is 2.17. The lowest BCUT2D eigenvalue weighted by molar-refractivity contribution is 0.247. The first-order valence-electron chi connectivity index (χ1n) is 12.0. The third-order valence-electron chi connectivity index (χ3n) is 5.97. The Kier molecular flexibility index (Phi) is 7.94. The minimum Gasteiger partial charge on any atom is -0.385 e. The van der Waals surface area contributed by atoms with Crippen LogP contribution in [0.25, 0.3) is 22.2 Å². The molecule has 2 aromatic heterocycles. The van der Waals surface area contributed by atoms with Crippen LogP contribution in [0, 0.1) is 5.82 Å². The number of carbonyl (C=O) groups excluding carboxylic acids is 2. The molecule has 192 valence electrons. The van der Waals surface area contributed by atoms with E-state index in [1.54, 1.807) is 24.3 Å². The van der Waals surface area contributed by atoms with Crippen LogP contribution in [0.2, 0.25) is 0 Å². The number of hydrogen-bond acceptors (Lipinski definition) is 6. The van der Waals surface area contributed by atoms with Crippen molar-refractivity contribution in [3.8, 4) is 11.3 Å². The summed E-state index contributed by atoms with van der Waals surface area (Å²) in [6.45, 7) is 7.25. The number of nitrogens with two attached hydrogens (primary N) is 1. The van der Waals surface area contributed by atoms with Crippen LogP contribution in [0.1, 0.15) is 13.8 Å². The van der Waals surface area contributed by atoms with E-state index in [0.717, 1.165) is 19.6 Å². The van der Waals surface area contributed by atoms with Crippen LogP contribution in [0.5, 0.6) is 0 Å². The fraction of sp³-hybridized carbons (Fsp3) is 0.231. The zero-order valence-electron chi connectivity index (χ0n) is 20.7. The van der Waals surface area contributed by atoms with E-state index >= 15 is 0 Å². The fourth-order valence-corrected chi connectivity index (χ4v) is 4.01. The molecular formula is C26H29FN8O2. The third kappa shape index (κ3) is 6.01. The predicted molar refractivity (Wildman–Crippen MR) is 143 cm³/mol. The number of nitrogens with one attached hydrogen (secondary N) is 3. The van der Waals surface area contributed by atoms with Crippen molar-refractivity contribution in [3.63, 3.8) is 0 Å². The number of anilines is 3. The molecule has 0 aliphatic carbocycles. The molecule has 37 heavy (non-hydrogen) atoms. The Labute approximate surface area is 213 Å². The molecule has 0 fully saturated rings. The first kappa shape index (κ1) is 25.6. The van der Waals surface area contributed by atoms with E-state index in [0.29, 0.717) is 40.2 Å². The lowest BCUT2D eigenvalue weighted by atomic mass is 10.1. The van der Waals surface area contributed by atoms with Crippen molar-refractivity contribution < 1.29 is 14.0 Å². The number of hydrogen-bond donors (Lipinski definition) is 4. The van der Waals surface area contributed by atoms with Crippen molar-refractivity contribution in [1.29, 1.82) is 0 Å². The number of aromatic nitrogens is 3. The summed E-state index contributed by atoms with van der Waals surface area (Å²) < 4.78 is 14.5. The average Bonchev–Trinajstić information content (AvgIpc) is 3.24. The van der Waals surface area contributed by atoms with Crippen LogP contribution in [0.15, 0.2) is 60.9 Å². The molecule has 0 aliphatic rings. The number of urea groups is 1. The van der Waals surface area contributed by atoms with Crippen molar-refractivity contribution in [2.75, 3.05) is 42.5 Å². The minimum atomic E-state index is -0.484. The molecule has 0 atom stereocenters. The number of rotatable bonds is 8. The van der Waals surface area contributed by atoms with Gasteiger partial charge in [-0.15, -0.1) is 0 Å². The monoisotopic (exact) mass is 504 g/mol. The van der Waals surface area contributed by atoms with Gasteiger partial charge in [0.1, 0.15) is 23.8 Å². The average molecular weight is 505 g/mol. The van der Waals surface area contributed by atoms with Gasteiger partial charge in [-0.05, 0) is 49.5 Å². The van der Waals surface area contributed by atoms with Crippen LogP contribution < -0.4 is 21.7 Å². The number of amides is 3. The molecule has 0 unspecified atom stereocenters. The summed E-state index contributed by atoms with van der Waals surface area (Å²) in [6, 6.07) is 13.4. The summed E-state index contributed by atoms with van der Waals surface area (Å²) in [6.07, 6.45) is 1.36. The van der Waals surface area contributed by atoms with E-state index in [4.69, 9.17) is 5.73 Å². The quantitative estimate of drug-likeness (QED) is 0.282. The van der Waals surface area contributed by atoms with E-state index in [1.807, 2.05) is 6.07 Å². The van der Waals surface area contributed by atoms with Gasteiger partial charge in [0.25, 0.3) is 0 Å². The summed E-state index contributed by atoms with van der Waals surface area (Å²) in [4.78, 5) is 36.0. The number of fused-ring (bicyclic) bond motifs is 1. The van der Waals surface area contributed by atoms with Gasteiger partial charge in [-0.2, -0.15) is 0 Å². The second kappa shape index (κ2) is 11.5. The fourth-order valence-electron chi connectivity index (χ4n) is 4.01. The molecule has 11 heteroatoms. The summed E-state index contributed by atoms with van der Waals surface area (Å²) >= 11 is 0. The molecule has 4 rings (SSSR count). The van der Waals surface area contributed by atoms with E-state index in [9.17, 15) is 14.0 Å². The van der Waals surface area contributed by atoms with E-state index in [2.05, 4.69) is 44.7 Å². The maximum Gasteiger partial charge on any atom is 0.332 e. The molecule has 5 N–H and O–H groups in total. The molecule has 0 radical (unpaired) electrons. The first-order valence-corrected chi connectivity index (χ1v) is 12.0. The predicted octanol–water partition coefficient (Wildman–Crippen LogP) is 4.36. The SMILES string of the molecule is CCN(CC)CCNC(=O)Nc1cc(-c2cccc3c2cc(N)n3C(=O)Nc2ccc(F)cc2)ncn1. The van der Waals surface area contributed by atoms with Crippen LogP contribution in [0.3, 0.4) is 0 Å². The highest BCUT2D eigenvalue weighted by molar-refractivity contribution is 6.06. The maximum atomic E-state index is 13.2. The summed E-state index contributed by atoms with van der Waals surface area (Å²) in [5, 5.41) is 8.98. The molecular weight excluding hydrogens is 475 g/mol. The number of halogens is 1. The van der Waals surface area contributed by atoms with Gasteiger partial charge in [-0.25, -0.2) is 28.5 Å². The molecule has 3 amide bonds. The topological polar surface area (TPSA) is 130 Å². The molecule has 0 aliphatic heterocycles. The number of benzene rings is 2. The molecule has 2 aromatic carbocycles. The van der Waals surface area contributed by atoms with Gasteiger partial charge < -0.3 is 21.3 Å². The Bertz CT molecular complexity index is 1400. The van der Waals surface area contributed by atoms with Crippen molar-refractivity contribution in [3.05, 3.63) is 66.7 Å². The van der Waals surface area contributed by atoms with Gasteiger partial charge in [-0.1, -0.05) is 26.0 Å². The Morgan fingerprint density at radius 2 is 1.78 bits per heavy atom. The summed E-state index contributed by atoms with van der Waals surface area (Å²) in [5.41, 5.74) is 8.47. The second-order valence-electron chi connectivity index (χ2n) is 8.28. The highest BCUT2D eigenvalue weighted by Crippen LogP contribution is 2.32. The Morgan fingerprint density at radius 3 is 2.51 bits per heavy atom. The Balaban J connectivity index is 1.53. The number of carbonyl (C=O) groups is 2. The molecule has 2 heterocycles. The smallest absolute Gasteiger partial charge is 0.332 e. The lowest BCUT2D eigenvalue weighted by Crippen LogP contribution is -2.37. The van der Waals surface area contributed by atoms with Crippen molar-refractivity contribution in [2.45, 2.75) is 13.8 Å². The number of nitrogens with zero attached hydrogens (tertiary/aromatic N) is 4. The Morgan fingerprint density at radius 1 is 1.03 bits per heavy atom. The van der Waals surface area contributed by atoms with Gasteiger partial charge in [0.15, 0.2) is 0 Å². The summed E-state index contributed by atoms with van der Waals surface area (Å²) in [5.74, 6) is 0.162. The first-order chi connectivity index (χ1) is 17.9. The van der Waals surface area contributed by atoms with Crippen LogP contribution in [0.4, 0.5) is 31.3 Å². The second-order valence-corrected chi connectivity index (χ2v) is 8.28. The van der Waals surface area contributed by atoms with E-state index < -0.39 is 11.8 Å². The van der Waals surface area contributed by atoms with Gasteiger partial charge in [-0.3, -0.25) is 5.32 Å². The highest BCUT2D eigenvalue weighted by atomic mass is 19.1. The van der Waals surface area contributed by atoms with Gasteiger partial charge in [0, 0.05) is 35.8 Å². The van der Waals surface area contributed by atoms with Crippen molar-refractivity contribution >= 4 is 40.3 Å². The maximum absolute atomic E-state index is 13.2. The molecule has 0 bridgehead atoms. The zero-order valence-corrected chi connectivity index (χ0v) is 20.7. The summed E-state index contributed by atoms with van der Waals surface area (Å²) in [7, 11) is 0. The molecule has 0 spiro atoms. The van der Waals surface area contributed by atoms with Crippen LogP contribution >= 0.6 is 0 Å². The third-order valence-corrected chi connectivity index (χ3v) is 5.97. The zero-order chi connectivity index (χ0) is 26.4. The molecule has 4 aromatic rings. The van der Waals surface area contributed by atoms with Crippen LogP contribution in [-0.2, 0) is 0 Å². The van der Waals surface area contributed by atoms with Crippen LogP contribution in [-0.4, -0.2) is 57.7 Å². The number of likely N-dealkylation sites (N-methyl/N-ethyl adjacent to an activating group) is 1. The minimum absolute atomic E-state index is 0.224. The molecule has 0 saturated carbocycles. The lowest BCUT2D eigenvalue weighted by Gasteiger charge is -2.18. The van der Waals surface area contributed by atoms with Crippen molar-refractivity contribution in [2.24, 2.45) is 0 Å². The standard InChI is InChI=1S/C26H29FN8O2/c1-3-34(4-2)13-12-29-25(36)33-24-15-21(30-16-31-24)19-6-5-7-22-20(19)14-23(28)35(22)26(37)32-18-10-8-17(27)9-11-18/h5-11,14-16H,3-4,12-13,28H2,1-2H3,(H,32,37)(H2,29,30,31,33,36). The van der Waals surface area contributed by atoms with Gasteiger partial charge >= 0.3 is 12.1 Å². The van der Waals surface area contributed by atoms with Gasteiger partial charge in [0.05, 0.1) is 11.2 Å². The number of nitrogen functional groups attached to an aromatic ring is 1. The molecule has 10 nitrogen and oxygen atoms in total. The van der Waals surface area contributed by atoms with Crippen molar-refractivity contribution in [1.82, 2.24) is 24.8 Å². The normalized spacial score (nSPS) is 11.0. The van der Waals surface area contributed by atoms with Gasteiger partial charge in [0.2, 0.25) is 0 Å². The Hall–Kier alpha value is -4.51. The van der Waals surface area contributed by atoms with E-state index in [-0.39, 0.29) is 11.8 Å². The van der Waals surface area contributed by atoms with E-state index in [1.165, 1.54) is 35.2 Å². The largest absolute Gasteiger partial charge is 0.385 e.